The summed E-state index contributed by atoms with van der Waals surface area (Å²) >= 11 is 0. The molecular weight excluding hydrogens is 450 g/mol. The molecule has 1 aromatic heterocycles. The van der Waals surface area contributed by atoms with Crippen molar-refractivity contribution >= 4 is 21.6 Å². The minimum Gasteiger partial charge on any atom is -0.368 e. The van der Waals surface area contributed by atoms with E-state index in [0.717, 1.165) is 38.0 Å². The molecule has 0 unspecified atom stereocenters. The number of amides is 1. The van der Waals surface area contributed by atoms with Crippen LogP contribution in [0.1, 0.15) is 29.8 Å². The highest BCUT2D eigenvalue weighted by Gasteiger charge is 2.26. The van der Waals surface area contributed by atoms with Crippen LogP contribution in [-0.4, -0.2) is 72.3 Å². The minimum absolute atomic E-state index is 0.0873. The predicted molar refractivity (Wildman–Crippen MR) is 131 cm³/mol. The fourth-order valence-electron chi connectivity index (χ4n) is 4.59. The van der Waals surface area contributed by atoms with Gasteiger partial charge < -0.3 is 14.4 Å². The Morgan fingerprint density at radius 2 is 1.44 bits per heavy atom. The largest absolute Gasteiger partial charge is 0.368 e. The van der Waals surface area contributed by atoms with Gasteiger partial charge in [-0.25, -0.2) is 13.4 Å². The maximum Gasteiger partial charge on any atom is 0.274 e. The third kappa shape index (κ3) is 4.58. The van der Waals surface area contributed by atoms with E-state index in [-0.39, 0.29) is 5.91 Å². The summed E-state index contributed by atoms with van der Waals surface area (Å²) in [6.07, 6.45) is 6.20. The molecule has 2 aromatic carbocycles. The molecule has 0 radical (unpaired) electrons. The van der Waals surface area contributed by atoms with Gasteiger partial charge in [0.2, 0.25) is 10.0 Å². The van der Waals surface area contributed by atoms with Gasteiger partial charge in [0, 0.05) is 56.8 Å². The number of rotatable bonds is 5. The Morgan fingerprint density at radius 3 is 2.12 bits per heavy atom. The van der Waals surface area contributed by atoms with Crippen LogP contribution < -0.4 is 4.90 Å². The summed E-state index contributed by atoms with van der Waals surface area (Å²) in [5.74, 6) is -0.0873. The zero-order chi connectivity index (χ0) is 23.5. The fraction of sp³-hybridized carbons (Fsp3) is 0.360. The zero-order valence-corrected chi connectivity index (χ0v) is 19.9. The molecule has 2 saturated heterocycles. The van der Waals surface area contributed by atoms with Crippen molar-refractivity contribution in [2.24, 2.45) is 0 Å². The van der Waals surface area contributed by atoms with Crippen molar-refractivity contribution in [2.45, 2.75) is 24.2 Å². The minimum atomic E-state index is -3.46. The summed E-state index contributed by atoms with van der Waals surface area (Å²) in [5, 5.41) is 0. The average Bonchev–Trinajstić information content (AvgIpc) is 3.40. The first kappa shape index (κ1) is 22.6. The smallest absolute Gasteiger partial charge is 0.274 e. The number of carbonyl (C=O) groups excluding carboxylic acids is 1. The molecule has 0 atom stereocenters. The Labute approximate surface area is 200 Å². The lowest BCUT2D eigenvalue weighted by Crippen LogP contribution is -2.48. The van der Waals surface area contributed by atoms with Gasteiger partial charge in [0.1, 0.15) is 12.0 Å². The standard InChI is InChI=1S/C25H29N5O3S/c31-25(28-17-15-27(16-18-28)21-7-3-1-4-8-21)24-19-29(20-26-24)22-9-11-23(12-10-22)34(32,33)30-13-5-2-6-14-30/h1,3-4,7-12,19-20H,2,5-6,13-18H2. The van der Waals surface area contributed by atoms with Gasteiger partial charge in [-0.2, -0.15) is 4.31 Å². The molecule has 5 rings (SSSR count). The highest BCUT2D eigenvalue weighted by atomic mass is 32.2. The van der Waals surface area contributed by atoms with Crippen molar-refractivity contribution in [3.8, 4) is 5.69 Å². The fourth-order valence-corrected chi connectivity index (χ4v) is 6.10. The van der Waals surface area contributed by atoms with E-state index in [9.17, 15) is 13.2 Å². The van der Waals surface area contributed by atoms with Gasteiger partial charge in [0.05, 0.1) is 4.90 Å². The quantitative estimate of drug-likeness (QED) is 0.562. The number of carbonyl (C=O) groups is 1. The molecule has 34 heavy (non-hydrogen) atoms. The Hall–Kier alpha value is -3.17. The zero-order valence-electron chi connectivity index (χ0n) is 19.1. The van der Waals surface area contributed by atoms with Gasteiger partial charge >= 0.3 is 0 Å². The second kappa shape index (κ2) is 9.60. The summed E-state index contributed by atoms with van der Waals surface area (Å²) in [6.45, 7) is 4.01. The lowest BCUT2D eigenvalue weighted by molar-refractivity contribution is 0.0741. The van der Waals surface area contributed by atoms with E-state index in [1.54, 1.807) is 45.7 Å². The summed E-state index contributed by atoms with van der Waals surface area (Å²) in [6, 6.07) is 17.0. The van der Waals surface area contributed by atoms with E-state index in [4.69, 9.17) is 0 Å². The van der Waals surface area contributed by atoms with Crippen LogP contribution in [0, 0.1) is 0 Å². The molecule has 0 aliphatic carbocycles. The number of piperidine rings is 1. The molecule has 2 fully saturated rings. The number of para-hydroxylation sites is 1. The molecule has 9 heteroatoms. The van der Waals surface area contributed by atoms with Crippen LogP contribution in [0.25, 0.3) is 5.69 Å². The van der Waals surface area contributed by atoms with E-state index in [0.29, 0.717) is 36.8 Å². The van der Waals surface area contributed by atoms with Crippen LogP contribution >= 0.6 is 0 Å². The number of hydrogen-bond donors (Lipinski definition) is 0. The number of benzene rings is 2. The summed E-state index contributed by atoms with van der Waals surface area (Å²) in [4.78, 5) is 21.7. The second-order valence-corrected chi connectivity index (χ2v) is 10.7. The van der Waals surface area contributed by atoms with E-state index >= 15 is 0 Å². The van der Waals surface area contributed by atoms with Gasteiger partial charge in [0.25, 0.3) is 5.91 Å². The number of aromatic nitrogens is 2. The third-order valence-corrected chi connectivity index (χ3v) is 8.49. The first-order chi connectivity index (χ1) is 16.5. The Bertz CT molecular complexity index is 1230. The second-order valence-electron chi connectivity index (χ2n) is 8.74. The van der Waals surface area contributed by atoms with Crippen LogP contribution in [0.15, 0.2) is 72.0 Å². The molecule has 178 valence electrons. The molecule has 8 nitrogen and oxygen atoms in total. The Balaban J connectivity index is 1.24. The van der Waals surface area contributed by atoms with Crippen LogP contribution in [0.3, 0.4) is 0 Å². The number of anilines is 1. The number of hydrogen-bond acceptors (Lipinski definition) is 5. The lowest BCUT2D eigenvalue weighted by atomic mass is 10.2. The SMILES string of the molecule is O=C(c1cn(-c2ccc(S(=O)(=O)N3CCCCC3)cc2)cn1)N1CCN(c2ccccc2)CC1. The van der Waals surface area contributed by atoms with Gasteiger partial charge in [0.15, 0.2) is 0 Å². The van der Waals surface area contributed by atoms with Gasteiger partial charge in [-0.1, -0.05) is 24.6 Å². The van der Waals surface area contributed by atoms with E-state index < -0.39 is 10.0 Å². The summed E-state index contributed by atoms with van der Waals surface area (Å²) in [5.41, 5.74) is 2.32. The maximum atomic E-state index is 13.0. The van der Waals surface area contributed by atoms with Crippen molar-refractivity contribution in [1.29, 1.82) is 0 Å². The Morgan fingerprint density at radius 1 is 0.765 bits per heavy atom. The van der Waals surface area contributed by atoms with Gasteiger partial charge in [-0.3, -0.25) is 4.79 Å². The molecule has 0 spiro atoms. The number of nitrogens with zero attached hydrogens (tertiary/aromatic N) is 5. The first-order valence-corrected chi connectivity index (χ1v) is 13.2. The highest BCUT2D eigenvalue weighted by Crippen LogP contribution is 2.22. The summed E-state index contributed by atoms with van der Waals surface area (Å²) in [7, 11) is -3.46. The lowest BCUT2D eigenvalue weighted by Gasteiger charge is -2.35. The molecule has 0 saturated carbocycles. The monoisotopic (exact) mass is 479 g/mol. The van der Waals surface area contributed by atoms with Crippen molar-refractivity contribution in [2.75, 3.05) is 44.2 Å². The molecule has 0 bridgehead atoms. The molecule has 1 amide bonds. The Kier molecular flexibility index (Phi) is 6.38. The van der Waals surface area contributed by atoms with Crippen LogP contribution in [-0.2, 0) is 10.0 Å². The van der Waals surface area contributed by atoms with E-state index in [2.05, 4.69) is 22.0 Å². The molecule has 3 aromatic rings. The highest BCUT2D eigenvalue weighted by molar-refractivity contribution is 7.89. The van der Waals surface area contributed by atoms with Crippen molar-refractivity contribution in [3.63, 3.8) is 0 Å². The number of imidazole rings is 1. The van der Waals surface area contributed by atoms with Crippen molar-refractivity contribution < 1.29 is 13.2 Å². The molecule has 0 N–H and O–H groups in total. The van der Waals surface area contributed by atoms with Crippen LogP contribution in [0.4, 0.5) is 5.69 Å². The third-order valence-electron chi connectivity index (χ3n) is 6.58. The molecule has 2 aliphatic rings. The topological polar surface area (TPSA) is 78.8 Å². The molecule has 2 aliphatic heterocycles. The molecule has 3 heterocycles. The summed E-state index contributed by atoms with van der Waals surface area (Å²) < 4.78 is 29.1. The maximum absolute atomic E-state index is 13.0. The van der Waals surface area contributed by atoms with E-state index in [1.165, 1.54) is 5.69 Å². The predicted octanol–water partition coefficient (Wildman–Crippen LogP) is 3.01. The van der Waals surface area contributed by atoms with Crippen molar-refractivity contribution in [3.05, 3.63) is 72.8 Å². The number of sulfonamides is 1. The van der Waals surface area contributed by atoms with E-state index in [1.807, 2.05) is 23.1 Å². The number of piperazine rings is 1. The molecular formula is C25H29N5O3S. The van der Waals surface area contributed by atoms with Crippen LogP contribution in [0.2, 0.25) is 0 Å². The van der Waals surface area contributed by atoms with Crippen LogP contribution in [0.5, 0.6) is 0 Å². The van der Waals surface area contributed by atoms with Crippen molar-refractivity contribution in [1.82, 2.24) is 18.8 Å². The van der Waals surface area contributed by atoms with Gasteiger partial charge in [-0.15, -0.1) is 0 Å². The first-order valence-electron chi connectivity index (χ1n) is 11.8. The van der Waals surface area contributed by atoms with Gasteiger partial charge in [-0.05, 0) is 49.2 Å². The average molecular weight is 480 g/mol. The normalized spacial score (nSPS) is 17.6.